The summed E-state index contributed by atoms with van der Waals surface area (Å²) in [5.41, 5.74) is 4.24. The number of benzene rings is 1. The molecule has 1 saturated heterocycles. The lowest BCUT2D eigenvalue weighted by atomic mass is 9.93. The van der Waals surface area contributed by atoms with Crippen molar-refractivity contribution in [3.05, 3.63) is 65.8 Å². The summed E-state index contributed by atoms with van der Waals surface area (Å²) in [6.07, 6.45) is 3.35. The minimum Gasteiger partial charge on any atom is -0.369 e. The van der Waals surface area contributed by atoms with Crippen LogP contribution in [0, 0.1) is 6.92 Å². The van der Waals surface area contributed by atoms with Crippen LogP contribution < -0.4 is 10.2 Å². The molecule has 1 amide bonds. The van der Waals surface area contributed by atoms with Gasteiger partial charge in [0.2, 0.25) is 0 Å². The number of carbonyl (C=O) groups excluding carboxylic acids is 1. The maximum atomic E-state index is 12.9. The van der Waals surface area contributed by atoms with E-state index >= 15 is 0 Å². The monoisotopic (exact) mass is 532 g/mol. The average molecular weight is 533 g/mol. The summed E-state index contributed by atoms with van der Waals surface area (Å²) in [6, 6.07) is 11.6. The fraction of sp³-hybridized carbons (Fsp3) is 0.393. The first-order valence-electron chi connectivity index (χ1n) is 13.0. The Bertz CT molecular complexity index is 1450. The summed E-state index contributed by atoms with van der Waals surface area (Å²) in [5.74, 6) is 0.676. The second kappa shape index (κ2) is 10.9. The van der Waals surface area contributed by atoms with Gasteiger partial charge in [0.15, 0.2) is 5.82 Å². The van der Waals surface area contributed by atoms with Crippen LogP contribution in [0.2, 0.25) is 0 Å². The van der Waals surface area contributed by atoms with Crippen molar-refractivity contribution in [2.75, 3.05) is 49.6 Å². The average Bonchev–Trinajstić information content (AvgIpc) is 3.60. The Labute approximate surface area is 226 Å². The number of hydrogen-bond donors (Lipinski definition) is 1. The zero-order valence-corrected chi connectivity index (χ0v) is 22.7. The molecule has 0 aliphatic carbocycles. The quantitative estimate of drug-likeness (QED) is 0.376. The normalized spacial score (nSPS) is 14.5. The van der Waals surface area contributed by atoms with Crippen molar-refractivity contribution in [1.82, 2.24) is 30.0 Å². The van der Waals surface area contributed by atoms with Gasteiger partial charge >= 0.3 is 0 Å². The fourth-order valence-corrected chi connectivity index (χ4v) is 4.48. The highest BCUT2D eigenvalue weighted by atomic mass is 19.1. The molecule has 4 aromatic rings. The predicted molar refractivity (Wildman–Crippen MR) is 147 cm³/mol. The highest BCUT2D eigenvalue weighted by Gasteiger charge is 2.21. The highest BCUT2D eigenvalue weighted by Crippen LogP contribution is 2.26. The second-order valence-electron chi connectivity index (χ2n) is 10.7. The summed E-state index contributed by atoms with van der Waals surface area (Å²) in [7, 11) is 0. The van der Waals surface area contributed by atoms with Gasteiger partial charge in [-0.25, -0.2) is 9.07 Å². The number of amides is 1. The number of nitrogens with zero attached hydrogens (tertiary/aromatic N) is 7. The van der Waals surface area contributed by atoms with Crippen molar-refractivity contribution in [3.8, 4) is 16.9 Å². The van der Waals surface area contributed by atoms with Crippen molar-refractivity contribution in [3.63, 3.8) is 0 Å². The number of nitrogens with one attached hydrogen (secondary N) is 1. The molecular weight excluding hydrogens is 499 g/mol. The van der Waals surface area contributed by atoms with Crippen molar-refractivity contribution in [1.29, 1.82) is 0 Å². The van der Waals surface area contributed by atoms with Gasteiger partial charge in [-0.2, -0.15) is 0 Å². The van der Waals surface area contributed by atoms with Crippen LogP contribution in [0.5, 0.6) is 0 Å². The van der Waals surface area contributed by atoms with E-state index in [9.17, 15) is 9.18 Å². The Morgan fingerprint density at radius 3 is 2.64 bits per heavy atom. The summed E-state index contributed by atoms with van der Waals surface area (Å²) in [4.78, 5) is 21.8. The third kappa shape index (κ3) is 5.98. The van der Waals surface area contributed by atoms with Gasteiger partial charge in [-0.1, -0.05) is 43.3 Å². The van der Waals surface area contributed by atoms with Crippen LogP contribution in [0.3, 0.4) is 0 Å². The van der Waals surface area contributed by atoms with Crippen molar-refractivity contribution in [2.24, 2.45) is 0 Å². The van der Waals surface area contributed by atoms with Crippen LogP contribution >= 0.6 is 0 Å². The molecule has 0 spiro atoms. The molecule has 0 saturated carbocycles. The standard InChI is InChI=1S/C28H33FN8O2/c1-19-24(15-21(17-30-19)27(38)31-26-16-25(39-33-26)28(2,3)4)37-18-23(32-34-37)20-6-5-7-22(14-20)36-12-10-35(9-8-29)11-13-36/h5-7,14-18H,8-13H2,1-4H3,(H,31,33,38). The van der Waals surface area contributed by atoms with E-state index in [1.165, 1.54) is 6.20 Å². The number of carbonyl (C=O) groups is 1. The lowest BCUT2D eigenvalue weighted by molar-refractivity contribution is 0.102. The minimum atomic E-state index is -0.350. The molecule has 0 unspecified atom stereocenters. The Balaban J connectivity index is 1.32. The van der Waals surface area contributed by atoms with E-state index in [1.54, 1.807) is 16.8 Å². The van der Waals surface area contributed by atoms with Gasteiger partial charge in [0.25, 0.3) is 5.91 Å². The second-order valence-corrected chi connectivity index (χ2v) is 10.7. The molecule has 10 nitrogen and oxygen atoms in total. The smallest absolute Gasteiger partial charge is 0.258 e. The van der Waals surface area contributed by atoms with Crippen molar-refractivity contribution >= 4 is 17.4 Å². The molecule has 1 aromatic carbocycles. The molecule has 1 N–H and O–H groups in total. The molecule has 1 aliphatic heterocycles. The molecule has 5 rings (SSSR count). The number of anilines is 2. The van der Waals surface area contributed by atoms with E-state index in [2.05, 4.69) is 47.7 Å². The summed E-state index contributed by atoms with van der Waals surface area (Å²) >= 11 is 0. The number of piperazine rings is 1. The highest BCUT2D eigenvalue weighted by molar-refractivity contribution is 6.03. The zero-order valence-electron chi connectivity index (χ0n) is 22.7. The zero-order chi connectivity index (χ0) is 27.6. The van der Waals surface area contributed by atoms with E-state index < -0.39 is 0 Å². The predicted octanol–water partition coefficient (Wildman–Crippen LogP) is 4.27. The lowest BCUT2D eigenvalue weighted by Gasteiger charge is -2.35. The van der Waals surface area contributed by atoms with Gasteiger partial charge in [0, 0.05) is 61.7 Å². The summed E-state index contributed by atoms with van der Waals surface area (Å²) in [6.45, 7) is 11.4. The van der Waals surface area contributed by atoms with Crippen molar-refractivity contribution < 1.29 is 13.7 Å². The first-order chi connectivity index (χ1) is 18.7. The third-order valence-electron chi connectivity index (χ3n) is 6.83. The molecular formula is C28H33FN8O2. The van der Waals surface area contributed by atoms with Gasteiger partial charge < -0.3 is 14.7 Å². The van der Waals surface area contributed by atoms with Gasteiger partial charge in [-0.05, 0) is 25.1 Å². The molecule has 0 radical (unpaired) electrons. The van der Waals surface area contributed by atoms with Crippen LogP contribution in [0.25, 0.3) is 16.9 Å². The molecule has 1 aliphatic rings. The topological polar surface area (TPSA) is 105 Å². The first-order valence-corrected chi connectivity index (χ1v) is 13.0. The Morgan fingerprint density at radius 1 is 1.13 bits per heavy atom. The Morgan fingerprint density at radius 2 is 1.92 bits per heavy atom. The molecule has 204 valence electrons. The third-order valence-corrected chi connectivity index (χ3v) is 6.83. The number of rotatable bonds is 7. The lowest BCUT2D eigenvalue weighted by Crippen LogP contribution is -2.47. The maximum Gasteiger partial charge on any atom is 0.258 e. The van der Waals surface area contributed by atoms with Gasteiger partial charge in [-0.15, -0.1) is 5.10 Å². The number of aromatic nitrogens is 5. The number of aryl methyl sites for hydroxylation is 1. The van der Waals surface area contributed by atoms with Crippen LogP contribution in [0.15, 0.2) is 53.3 Å². The molecule has 11 heteroatoms. The summed E-state index contributed by atoms with van der Waals surface area (Å²) < 4.78 is 19.7. The molecule has 1 fully saturated rings. The van der Waals surface area contributed by atoms with Gasteiger partial charge in [-0.3, -0.25) is 14.7 Å². The first kappa shape index (κ1) is 26.5. The van der Waals surface area contributed by atoms with Crippen LogP contribution in [0.1, 0.15) is 42.6 Å². The van der Waals surface area contributed by atoms with E-state index in [-0.39, 0.29) is 18.0 Å². The van der Waals surface area contributed by atoms with E-state index in [4.69, 9.17) is 4.52 Å². The minimum absolute atomic E-state index is 0.218. The van der Waals surface area contributed by atoms with Crippen molar-refractivity contribution in [2.45, 2.75) is 33.1 Å². The van der Waals surface area contributed by atoms with Gasteiger partial charge in [0.05, 0.1) is 23.1 Å². The Hall–Kier alpha value is -4.12. The van der Waals surface area contributed by atoms with E-state index in [1.807, 2.05) is 46.0 Å². The molecule has 0 atom stereocenters. The number of alkyl halides is 1. The van der Waals surface area contributed by atoms with E-state index in [0.29, 0.717) is 40.8 Å². The number of halogens is 1. The van der Waals surface area contributed by atoms with Gasteiger partial charge in [0.1, 0.15) is 18.1 Å². The Kier molecular flexibility index (Phi) is 7.42. The molecule has 39 heavy (non-hydrogen) atoms. The molecule has 4 heterocycles. The maximum absolute atomic E-state index is 12.9. The number of pyridine rings is 1. The van der Waals surface area contributed by atoms with E-state index in [0.717, 1.165) is 37.4 Å². The van der Waals surface area contributed by atoms with Crippen LogP contribution in [0.4, 0.5) is 15.9 Å². The molecule has 3 aromatic heterocycles. The van der Waals surface area contributed by atoms with Crippen LogP contribution in [-0.2, 0) is 5.41 Å². The van der Waals surface area contributed by atoms with Crippen LogP contribution in [-0.4, -0.2) is 75.3 Å². The SMILES string of the molecule is Cc1ncc(C(=O)Nc2cc(C(C)(C)C)on2)cc1-n1cc(-c2cccc(N3CCN(CCF)CC3)c2)nn1. The summed E-state index contributed by atoms with van der Waals surface area (Å²) in [5, 5.41) is 15.4. The molecule has 0 bridgehead atoms. The number of hydrogen-bond acceptors (Lipinski definition) is 8. The largest absolute Gasteiger partial charge is 0.369 e. The fourth-order valence-electron chi connectivity index (χ4n) is 4.48.